The normalized spacial score (nSPS) is 10.6. The number of carbonyl (C=O) groups excluding carboxylic acids is 2. The molecule has 7 nitrogen and oxygen atoms in total. The van der Waals surface area contributed by atoms with Crippen LogP contribution in [0.4, 0.5) is 11.4 Å². The molecule has 0 aliphatic carbocycles. The summed E-state index contributed by atoms with van der Waals surface area (Å²) in [7, 11) is 0. The van der Waals surface area contributed by atoms with Gasteiger partial charge in [-0.15, -0.1) is 0 Å². The van der Waals surface area contributed by atoms with Crippen molar-refractivity contribution in [3.63, 3.8) is 0 Å². The lowest BCUT2D eigenvalue weighted by atomic mass is 10.2. The number of rotatable bonds is 8. The molecule has 0 aromatic heterocycles. The molecule has 0 unspecified atom stereocenters. The van der Waals surface area contributed by atoms with Crippen LogP contribution in [0.2, 0.25) is 0 Å². The summed E-state index contributed by atoms with van der Waals surface area (Å²) in [6.07, 6.45) is 2.50. The number of non-ortho nitro benzene ring substituents is 1. The number of nitro benzene ring substituents is 1. The van der Waals surface area contributed by atoms with E-state index in [2.05, 4.69) is 5.32 Å². The molecule has 3 aromatic rings. The Balaban J connectivity index is 1.54. The number of hydrogen-bond donors (Lipinski definition) is 1. The minimum atomic E-state index is -0.728. The maximum absolute atomic E-state index is 12.2. The van der Waals surface area contributed by atoms with Crippen molar-refractivity contribution in [2.45, 2.75) is 9.79 Å². The molecule has 1 N–H and O–H groups in total. The molecule has 0 radical (unpaired) electrons. The molecule has 0 saturated heterocycles. The highest BCUT2D eigenvalue weighted by Gasteiger charge is 2.10. The summed E-state index contributed by atoms with van der Waals surface area (Å²) in [5.41, 5.74) is 1.01. The van der Waals surface area contributed by atoms with Crippen LogP contribution >= 0.6 is 11.8 Å². The van der Waals surface area contributed by atoms with Gasteiger partial charge in [0.2, 0.25) is 0 Å². The van der Waals surface area contributed by atoms with Crippen LogP contribution in [0.15, 0.2) is 94.7 Å². The molecule has 0 heterocycles. The molecule has 0 bridgehead atoms. The van der Waals surface area contributed by atoms with Gasteiger partial charge in [-0.25, -0.2) is 4.79 Å². The van der Waals surface area contributed by atoms with E-state index >= 15 is 0 Å². The SMILES string of the molecule is O=C(COC(=O)C=Cc1cccc([N+](=O)[O-])c1)Nc1ccccc1Sc1ccccc1. The van der Waals surface area contributed by atoms with E-state index in [4.69, 9.17) is 4.74 Å². The first-order valence-electron chi connectivity index (χ1n) is 9.22. The van der Waals surface area contributed by atoms with E-state index in [9.17, 15) is 19.7 Å². The Kier molecular flexibility index (Phi) is 7.56. The predicted molar refractivity (Wildman–Crippen MR) is 119 cm³/mol. The number of para-hydroxylation sites is 1. The lowest BCUT2D eigenvalue weighted by molar-refractivity contribution is -0.384. The molecule has 3 rings (SSSR count). The molecule has 156 valence electrons. The lowest BCUT2D eigenvalue weighted by Crippen LogP contribution is -2.20. The molecule has 0 aliphatic rings. The first-order valence-corrected chi connectivity index (χ1v) is 10.0. The van der Waals surface area contributed by atoms with E-state index in [0.29, 0.717) is 11.3 Å². The molecule has 1 amide bonds. The summed E-state index contributed by atoms with van der Waals surface area (Å²) >= 11 is 1.51. The molecule has 31 heavy (non-hydrogen) atoms. The van der Waals surface area contributed by atoms with Crippen LogP contribution in [-0.4, -0.2) is 23.4 Å². The van der Waals surface area contributed by atoms with Crippen LogP contribution < -0.4 is 5.32 Å². The molecule has 0 aliphatic heterocycles. The minimum Gasteiger partial charge on any atom is -0.452 e. The molecule has 8 heteroatoms. The zero-order valence-corrected chi connectivity index (χ0v) is 17.1. The molecular formula is C23H18N2O5S. The molecule has 3 aromatic carbocycles. The van der Waals surface area contributed by atoms with Gasteiger partial charge in [-0.3, -0.25) is 14.9 Å². The van der Waals surface area contributed by atoms with Crippen LogP contribution in [0.5, 0.6) is 0 Å². The number of anilines is 1. The number of nitro groups is 1. The predicted octanol–water partition coefficient (Wildman–Crippen LogP) is 4.94. The van der Waals surface area contributed by atoms with Crippen molar-refractivity contribution < 1.29 is 19.2 Å². The van der Waals surface area contributed by atoms with Crippen molar-refractivity contribution in [2.24, 2.45) is 0 Å². The molecule has 0 spiro atoms. The Labute approximate surface area is 182 Å². The van der Waals surface area contributed by atoms with Gasteiger partial charge in [-0.1, -0.05) is 54.2 Å². The average molecular weight is 434 g/mol. The summed E-state index contributed by atoms with van der Waals surface area (Å²) in [6.45, 7) is -0.456. The van der Waals surface area contributed by atoms with Gasteiger partial charge in [0.05, 0.1) is 10.6 Å². The van der Waals surface area contributed by atoms with E-state index in [-0.39, 0.29) is 5.69 Å². The molecule has 0 atom stereocenters. The van der Waals surface area contributed by atoms with E-state index in [1.807, 2.05) is 42.5 Å². The van der Waals surface area contributed by atoms with Crippen molar-refractivity contribution >= 4 is 41.1 Å². The number of nitrogens with one attached hydrogen (secondary N) is 1. The van der Waals surface area contributed by atoms with Gasteiger partial charge in [-0.05, 0) is 35.9 Å². The van der Waals surface area contributed by atoms with Crippen LogP contribution in [0.1, 0.15) is 5.56 Å². The highest BCUT2D eigenvalue weighted by Crippen LogP contribution is 2.33. The van der Waals surface area contributed by atoms with Crippen LogP contribution in [0.25, 0.3) is 6.08 Å². The minimum absolute atomic E-state index is 0.0815. The maximum atomic E-state index is 12.2. The van der Waals surface area contributed by atoms with Crippen molar-refractivity contribution in [1.82, 2.24) is 0 Å². The number of carbonyl (C=O) groups is 2. The largest absolute Gasteiger partial charge is 0.452 e. The quantitative estimate of drug-likeness (QED) is 0.233. The second kappa shape index (κ2) is 10.7. The average Bonchev–Trinajstić information content (AvgIpc) is 2.78. The highest BCUT2D eigenvalue weighted by atomic mass is 32.2. The first-order chi connectivity index (χ1) is 15.0. The van der Waals surface area contributed by atoms with Gasteiger partial charge >= 0.3 is 5.97 Å². The number of esters is 1. The monoisotopic (exact) mass is 434 g/mol. The Morgan fingerprint density at radius 2 is 1.74 bits per heavy atom. The maximum Gasteiger partial charge on any atom is 0.331 e. The fourth-order valence-electron chi connectivity index (χ4n) is 2.55. The van der Waals surface area contributed by atoms with Crippen LogP contribution in [0.3, 0.4) is 0 Å². The number of ether oxygens (including phenoxy) is 1. The number of benzene rings is 3. The summed E-state index contributed by atoms with van der Waals surface area (Å²) in [5, 5.41) is 13.5. The fraction of sp³-hybridized carbons (Fsp3) is 0.0435. The second-order valence-corrected chi connectivity index (χ2v) is 7.37. The lowest BCUT2D eigenvalue weighted by Gasteiger charge is -2.10. The summed E-state index contributed by atoms with van der Waals surface area (Å²) in [4.78, 5) is 36.3. The van der Waals surface area contributed by atoms with Crippen molar-refractivity contribution in [1.29, 1.82) is 0 Å². The summed E-state index contributed by atoms with van der Waals surface area (Å²) in [5.74, 6) is -1.20. The van der Waals surface area contributed by atoms with E-state index < -0.39 is 23.4 Å². The summed E-state index contributed by atoms with van der Waals surface area (Å²) in [6, 6.07) is 22.9. The Bertz CT molecular complexity index is 1120. The van der Waals surface area contributed by atoms with Gasteiger partial charge in [0.1, 0.15) is 0 Å². The third-order valence-electron chi connectivity index (χ3n) is 3.97. The number of amides is 1. The second-order valence-electron chi connectivity index (χ2n) is 6.25. The number of hydrogen-bond acceptors (Lipinski definition) is 6. The number of nitrogens with zero attached hydrogens (tertiary/aromatic N) is 1. The van der Waals surface area contributed by atoms with E-state index in [1.165, 1.54) is 36.0 Å². The van der Waals surface area contributed by atoms with Gasteiger partial charge in [0, 0.05) is 28.0 Å². The Morgan fingerprint density at radius 1 is 1.00 bits per heavy atom. The highest BCUT2D eigenvalue weighted by molar-refractivity contribution is 7.99. The van der Waals surface area contributed by atoms with E-state index in [0.717, 1.165) is 15.9 Å². The van der Waals surface area contributed by atoms with Crippen LogP contribution in [0, 0.1) is 10.1 Å². The third-order valence-corrected chi connectivity index (χ3v) is 5.05. The Hall–Kier alpha value is -3.91. The smallest absolute Gasteiger partial charge is 0.331 e. The van der Waals surface area contributed by atoms with Gasteiger partial charge in [0.15, 0.2) is 6.61 Å². The van der Waals surface area contributed by atoms with E-state index in [1.54, 1.807) is 18.2 Å². The first kappa shape index (κ1) is 21.8. The summed E-state index contributed by atoms with van der Waals surface area (Å²) < 4.78 is 4.96. The zero-order chi connectivity index (χ0) is 22.1. The van der Waals surface area contributed by atoms with Gasteiger partial charge in [-0.2, -0.15) is 0 Å². The molecule has 0 fully saturated rings. The Morgan fingerprint density at radius 3 is 2.52 bits per heavy atom. The van der Waals surface area contributed by atoms with Crippen LogP contribution in [-0.2, 0) is 14.3 Å². The van der Waals surface area contributed by atoms with Crippen molar-refractivity contribution in [2.75, 3.05) is 11.9 Å². The van der Waals surface area contributed by atoms with Crippen molar-refractivity contribution in [3.8, 4) is 0 Å². The topological polar surface area (TPSA) is 98.5 Å². The van der Waals surface area contributed by atoms with Crippen molar-refractivity contribution in [3.05, 3.63) is 101 Å². The van der Waals surface area contributed by atoms with Gasteiger partial charge in [0.25, 0.3) is 11.6 Å². The standard InChI is InChI=1S/C23H18N2O5S/c26-22(16-30-23(27)14-13-17-7-6-8-18(15-17)25(28)29)24-20-11-4-5-12-21(20)31-19-9-2-1-3-10-19/h1-15H,16H2,(H,24,26). The zero-order valence-electron chi connectivity index (χ0n) is 16.3. The third kappa shape index (κ3) is 6.83. The molecule has 0 saturated carbocycles. The molecular weight excluding hydrogens is 416 g/mol. The van der Waals surface area contributed by atoms with Gasteiger partial charge < -0.3 is 10.1 Å². The fourth-order valence-corrected chi connectivity index (χ4v) is 3.47.